The summed E-state index contributed by atoms with van der Waals surface area (Å²) in [5.74, 6) is -1.16. The van der Waals surface area contributed by atoms with E-state index in [4.69, 9.17) is 0 Å². The van der Waals surface area contributed by atoms with E-state index < -0.39 is 11.6 Å². The van der Waals surface area contributed by atoms with Crippen molar-refractivity contribution < 1.29 is 13.6 Å². The lowest BCUT2D eigenvalue weighted by atomic mass is 10.0. The molecule has 1 aliphatic rings. The lowest BCUT2D eigenvalue weighted by Gasteiger charge is -2.25. The number of pyridine rings is 1. The van der Waals surface area contributed by atoms with Crippen LogP contribution < -0.4 is 5.32 Å². The van der Waals surface area contributed by atoms with Gasteiger partial charge in [-0.15, -0.1) is 0 Å². The second-order valence-corrected chi connectivity index (χ2v) is 6.35. The van der Waals surface area contributed by atoms with Gasteiger partial charge in [-0.2, -0.15) is 0 Å². The lowest BCUT2D eigenvalue weighted by molar-refractivity contribution is -0.119. The molecule has 3 rings (SSSR count). The number of benzene rings is 1. The largest absolute Gasteiger partial charge is 0.351 e. The molecular weight excluding hydrogens is 324 g/mol. The predicted octanol–water partition coefficient (Wildman–Crippen LogP) is 3.33. The van der Waals surface area contributed by atoms with Gasteiger partial charge in [-0.3, -0.25) is 14.7 Å². The normalized spacial score (nSPS) is 17.6. The first-order valence-electron chi connectivity index (χ1n) is 8.40. The molecule has 1 aromatic carbocycles. The van der Waals surface area contributed by atoms with E-state index in [9.17, 15) is 13.6 Å². The number of likely N-dealkylation sites (tertiary alicyclic amines) is 1. The fraction of sp³-hybridized carbons (Fsp3) is 0.368. The Bertz CT molecular complexity index is 766. The van der Waals surface area contributed by atoms with Crippen molar-refractivity contribution in [1.82, 2.24) is 15.2 Å². The highest BCUT2D eigenvalue weighted by molar-refractivity contribution is 5.72. The summed E-state index contributed by atoms with van der Waals surface area (Å²) in [5.41, 5.74) is 2.41. The van der Waals surface area contributed by atoms with E-state index >= 15 is 0 Å². The Labute approximate surface area is 145 Å². The van der Waals surface area contributed by atoms with E-state index in [2.05, 4.69) is 15.2 Å². The van der Waals surface area contributed by atoms with Crippen molar-refractivity contribution >= 4 is 5.91 Å². The summed E-state index contributed by atoms with van der Waals surface area (Å²) in [5, 5.41) is 2.74. The minimum absolute atomic E-state index is 0.0959. The number of nitrogens with one attached hydrogen (secondary N) is 1. The van der Waals surface area contributed by atoms with E-state index in [1.54, 1.807) is 6.20 Å². The number of hydrogen-bond donors (Lipinski definition) is 1. The van der Waals surface area contributed by atoms with Gasteiger partial charge in [0.05, 0.1) is 12.2 Å². The van der Waals surface area contributed by atoms with Crippen LogP contribution in [0, 0.1) is 11.6 Å². The van der Waals surface area contributed by atoms with E-state index in [1.165, 1.54) is 19.1 Å². The van der Waals surface area contributed by atoms with Crippen LogP contribution in [0.1, 0.15) is 42.6 Å². The van der Waals surface area contributed by atoms with Gasteiger partial charge in [0, 0.05) is 37.3 Å². The van der Waals surface area contributed by atoms with Crippen molar-refractivity contribution in [3.63, 3.8) is 0 Å². The fourth-order valence-corrected chi connectivity index (χ4v) is 3.28. The molecule has 0 spiro atoms. The van der Waals surface area contributed by atoms with Crippen LogP contribution in [0.2, 0.25) is 0 Å². The molecule has 1 fully saturated rings. The van der Waals surface area contributed by atoms with E-state index in [0.29, 0.717) is 18.7 Å². The zero-order valence-electron chi connectivity index (χ0n) is 14.1. The van der Waals surface area contributed by atoms with Gasteiger partial charge in [0.2, 0.25) is 5.91 Å². The Morgan fingerprint density at radius 2 is 2.16 bits per heavy atom. The third-order valence-corrected chi connectivity index (χ3v) is 4.50. The molecule has 4 nitrogen and oxygen atoms in total. The van der Waals surface area contributed by atoms with Crippen molar-refractivity contribution in [2.75, 3.05) is 6.54 Å². The van der Waals surface area contributed by atoms with Crippen molar-refractivity contribution in [3.8, 4) is 0 Å². The van der Waals surface area contributed by atoms with E-state index in [1.807, 2.05) is 12.1 Å². The van der Waals surface area contributed by atoms with Gasteiger partial charge in [-0.25, -0.2) is 8.78 Å². The number of aromatic nitrogens is 1. The predicted molar refractivity (Wildman–Crippen MR) is 90.5 cm³/mol. The Balaban J connectivity index is 1.75. The third-order valence-electron chi connectivity index (χ3n) is 4.50. The molecule has 0 bridgehead atoms. The van der Waals surface area contributed by atoms with Crippen molar-refractivity contribution in [2.24, 2.45) is 0 Å². The maximum atomic E-state index is 14.0. The Hall–Kier alpha value is -2.34. The van der Waals surface area contributed by atoms with Gasteiger partial charge >= 0.3 is 0 Å². The SMILES string of the molecule is CC(=O)NCc1cc(C2CCCN2Cc2ccc(F)cc2F)ccn1. The van der Waals surface area contributed by atoms with Crippen LogP contribution in [0.5, 0.6) is 0 Å². The zero-order valence-corrected chi connectivity index (χ0v) is 14.1. The molecule has 132 valence electrons. The topological polar surface area (TPSA) is 45.2 Å². The molecule has 1 atom stereocenters. The fourth-order valence-electron chi connectivity index (χ4n) is 3.28. The van der Waals surface area contributed by atoms with Gasteiger partial charge in [0.1, 0.15) is 11.6 Å². The van der Waals surface area contributed by atoms with Crippen LogP contribution in [-0.2, 0) is 17.9 Å². The molecule has 25 heavy (non-hydrogen) atoms. The molecule has 0 radical (unpaired) electrons. The highest BCUT2D eigenvalue weighted by atomic mass is 19.1. The molecule has 2 aromatic rings. The Morgan fingerprint density at radius 3 is 2.92 bits per heavy atom. The van der Waals surface area contributed by atoms with Crippen molar-refractivity contribution in [1.29, 1.82) is 0 Å². The van der Waals surface area contributed by atoms with Crippen LogP contribution in [-0.4, -0.2) is 22.3 Å². The quantitative estimate of drug-likeness (QED) is 0.904. The molecule has 1 aliphatic heterocycles. The summed E-state index contributed by atoms with van der Waals surface area (Å²) in [7, 11) is 0. The summed E-state index contributed by atoms with van der Waals surface area (Å²) in [6.45, 7) is 3.17. The average molecular weight is 345 g/mol. The minimum Gasteiger partial charge on any atom is -0.351 e. The molecule has 0 saturated carbocycles. The monoisotopic (exact) mass is 345 g/mol. The zero-order chi connectivity index (χ0) is 17.8. The van der Waals surface area contributed by atoms with Crippen LogP contribution in [0.3, 0.4) is 0 Å². The molecule has 6 heteroatoms. The molecule has 1 N–H and O–H groups in total. The standard InChI is InChI=1S/C19H21F2N3O/c1-13(25)23-11-17-9-14(6-7-22-17)19-3-2-8-24(19)12-15-4-5-16(20)10-18(15)21/h4-7,9-10,19H,2-3,8,11-12H2,1H3,(H,23,25). The molecular formula is C19H21F2N3O. The molecule has 0 aliphatic carbocycles. The van der Waals surface area contributed by atoms with Crippen LogP contribution in [0.4, 0.5) is 8.78 Å². The number of carbonyl (C=O) groups is 1. The highest BCUT2D eigenvalue weighted by Gasteiger charge is 2.27. The molecule has 1 saturated heterocycles. The molecule has 1 aromatic heterocycles. The number of nitrogens with zero attached hydrogens (tertiary/aromatic N) is 2. The Kier molecular flexibility index (Phi) is 5.38. The number of amides is 1. The van der Waals surface area contributed by atoms with Crippen molar-refractivity contribution in [3.05, 3.63) is 65.0 Å². The Morgan fingerprint density at radius 1 is 1.32 bits per heavy atom. The number of hydrogen-bond acceptors (Lipinski definition) is 3. The second-order valence-electron chi connectivity index (χ2n) is 6.35. The van der Waals surface area contributed by atoms with Gasteiger partial charge in [0.25, 0.3) is 0 Å². The minimum atomic E-state index is -0.559. The molecule has 2 heterocycles. The third kappa shape index (κ3) is 4.39. The first-order chi connectivity index (χ1) is 12.0. The van der Waals surface area contributed by atoms with Gasteiger partial charge in [-0.05, 0) is 43.1 Å². The second kappa shape index (κ2) is 7.70. The average Bonchev–Trinajstić information content (AvgIpc) is 3.04. The first kappa shape index (κ1) is 17.5. The van der Waals surface area contributed by atoms with Crippen molar-refractivity contribution in [2.45, 2.75) is 38.9 Å². The number of rotatable bonds is 5. The molecule has 1 amide bonds. The van der Waals surface area contributed by atoms with Crippen LogP contribution in [0.25, 0.3) is 0 Å². The first-order valence-corrected chi connectivity index (χ1v) is 8.40. The molecule has 1 unspecified atom stereocenters. The highest BCUT2D eigenvalue weighted by Crippen LogP contribution is 2.33. The van der Waals surface area contributed by atoms with Gasteiger partial charge in [-0.1, -0.05) is 6.07 Å². The maximum Gasteiger partial charge on any atom is 0.217 e. The van der Waals surface area contributed by atoms with Crippen LogP contribution >= 0.6 is 0 Å². The van der Waals surface area contributed by atoms with E-state index in [-0.39, 0.29) is 11.9 Å². The summed E-state index contributed by atoms with van der Waals surface area (Å²) in [6.07, 6.45) is 3.74. The smallest absolute Gasteiger partial charge is 0.217 e. The summed E-state index contributed by atoms with van der Waals surface area (Å²) in [6, 6.07) is 7.85. The summed E-state index contributed by atoms with van der Waals surface area (Å²) < 4.78 is 27.0. The van der Waals surface area contributed by atoms with Gasteiger partial charge < -0.3 is 5.32 Å². The lowest BCUT2D eigenvalue weighted by Crippen LogP contribution is -2.24. The summed E-state index contributed by atoms with van der Waals surface area (Å²) in [4.78, 5) is 17.5. The number of halogens is 2. The maximum absolute atomic E-state index is 14.0. The number of carbonyl (C=O) groups excluding carboxylic acids is 1. The summed E-state index contributed by atoms with van der Waals surface area (Å²) >= 11 is 0. The van der Waals surface area contributed by atoms with Crippen LogP contribution in [0.15, 0.2) is 36.5 Å². The van der Waals surface area contributed by atoms with E-state index in [0.717, 1.165) is 36.7 Å². The van der Waals surface area contributed by atoms with Gasteiger partial charge in [0.15, 0.2) is 0 Å².